The van der Waals surface area contributed by atoms with Gasteiger partial charge in [0, 0.05) is 0 Å². The molecule has 2 amide bonds. The highest BCUT2D eigenvalue weighted by Crippen LogP contribution is 2.23. The summed E-state index contributed by atoms with van der Waals surface area (Å²) in [4.78, 5) is 23.9. The van der Waals surface area contributed by atoms with Crippen LogP contribution in [0, 0.1) is 6.92 Å². The van der Waals surface area contributed by atoms with Crippen molar-refractivity contribution < 1.29 is 14.3 Å². The number of hydrogen-bond acceptors (Lipinski definition) is 3. The smallest absolute Gasteiger partial charge is 0.243 e. The molecular formula is C19H22N2O3. The SMILES string of the molecule is CCOc1ccccc1NC(=O)CNC(=O)Cc1ccc(C)cc1. The molecule has 0 saturated carbocycles. The first-order valence-electron chi connectivity index (χ1n) is 7.92. The zero-order valence-corrected chi connectivity index (χ0v) is 14.0. The fourth-order valence-electron chi connectivity index (χ4n) is 2.18. The number of aryl methyl sites for hydroxylation is 1. The Hall–Kier alpha value is -2.82. The summed E-state index contributed by atoms with van der Waals surface area (Å²) in [6, 6.07) is 14.9. The maximum Gasteiger partial charge on any atom is 0.243 e. The molecule has 126 valence electrons. The van der Waals surface area contributed by atoms with Gasteiger partial charge in [0.1, 0.15) is 5.75 Å². The van der Waals surface area contributed by atoms with Crippen LogP contribution in [0.25, 0.3) is 0 Å². The molecule has 5 heteroatoms. The summed E-state index contributed by atoms with van der Waals surface area (Å²) in [6.07, 6.45) is 0.253. The zero-order valence-electron chi connectivity index (χ0n) is 14.0. The molecule has 0 fully saturated rings. The fraction of sp³-hybridized carbons (Fsp3) is 0.263. The van der Waals surface area contributed by atoms with E-state index in [9.17, 15) is 9.59 Å². The lowest BCUT2D eigenvalue weighted by molar-refractivity contribution is -0.123. The summed E-state index contributed by atoms with van der Waals surface area (Å²) in [5.74, 6) is 0.130. The second-order valence-electron chi connectivity index (χ2n) is 5.42. The van der Waals surface area contributed by atoms with Gasteiger partial charge in [0.2, 0.25) is 11.8 Å². The molecule has 0 spiro atoms. The number of para-hydroxylation sites is 2. The number of ether oxygens (including phenoxy) is 1. The van der Waals surface area contributed by atoms with Crippen molar-refractivity contribution in [3.8, 4) is 5.75 Å². The van der Waals surface area contributed by atoms with Crippen LogP contribution in [0.2, 0.25) is 0 Å². The topological polar surface area (TPSA) is 67.4 Å². The van der Waals surface area contributed by atoms with E-state index in [0.717, 1.165) is 11.1 Å². The van der Waals surface area contributed by atoms with Crippen molar-refractivity contribution in [2.45, 2.75) is 20.3 Å². The third-order valence-corrected chi connectivity index (χ3v) is 3.39. The third kappa shape index (κ3) is 5.43. The van der Waals surface area contributed by atoms with Crippen molar-refractivity contribution in [1.82, 2.24) is 5.32 Å². The molecule has 24 heavy (non-hydrogen) atoms. The number of anilines is 1. The van der Waals surface area contributed by atoms with E-state index in [1.54, 1.807) is 12.1 Å². The number of carbonyl (C=O) groups is 2. The Morgan fingerprint density at radius 2 is 1.71 bits per heavy atom. The largest absolute Gasteiger partial charge is 0.492 e. The molecule has 0 saturated heterocycles. The second kappa shape index (κ2) is 8.72. The molecule has 0 aliphatic rings. The molecule has 0 heterocycles. The minimum atomic E-state index is -0.292. The van der Waals surface area contributed by atoms with Gasteiger partial charge in [-0.2, -0.15) is 0 Å². The van der Waals surface area contributed by atoms with E-state index in [-0.39, 0.29) is 24.8 Å². The molecule has 2 rings (SSSR count). The number of nitrogens with one attached hydrogen (secondary N) is 2. The number of rotatable bonds is 7. The first kappa shape index (κ1) is 17.5. The van der Waals surface area contributed by atoms with Gasteiger partial charge in [-0.25, -0.2) is 0 Å². The first-order valence-corrected chi connectivity index (χ1v) is 7.92. The van der Waals surface area contributed by atoms with Crippen LogP contribution in [0.4, 0.5) is 5.69 Å². The monoisotopic (exact) mass is 326 g/mol. The Bertz CT molecular complexity index is 696. The van der Waals surface area contributed by atoms with Crippen molar-refractivity contribution in [1.29, 1.82) is 0 Å². The third-order valence-electron chi connectivity index (χ3n) is 3.39. The van der Waals surface area contributed by atoms with Crippen molar-refractivity contribution in [3.05, 3.63) is 59.7 Å². The lowest BCUT2D eigenvalue weighted by atomic mass is 10.1. The molecular weight excluding hydrogens is 304 g/mol. The molecule has 0 radical (unpaired) electrons. The molecule has 0 atom stereocenters. The molecule has 2 N–H and O–H groups in total. The number of benzene rings is 2. The van der Waals surface area contributed by atoms with Crippen LogP contribution < -0.4 is 15.4 Å². The Kier molecular flexibility index (Phi) is 6.37. The van der Waals surface area contributed by atoms with Gasteiger partial charge in [-0.3, -0.25) is 9.59 Å². The summed E-state index contributed by atoms with van der Waals surface area (Å²) in [5.41, 5.74) is 2.66. The van der Waals surface area contributed by atoms with E-state index < -0.39 is 0 Å². The summed E-state index contributed by atoms with van der Waals surface area (Å²) in [7, 11) is 0. The summed E-state index contributed by atoms with van der Waals surface area (Å²) < 4.78 is 5.45. The lowest BCUT2D eigenvalue weighted by Gasteiger charge is -2.11. The highest BCUT2D eigenvalue weighted by atomic mass is 16.5. The van der Waals surface area contributed by atoms with Gasteiger partial charge in [-0.05, 0) is 31.5 Å². The Morgan fingerprint density at radius 1 is 1.00 bits per heavy atom. The minimum Gasteiger partial charge on any atom is -0.492 e. The molecule has 2 aromatic rings. The predicted octanol–water partition coefficient (Wildman–Crippen LogP) is 2.69. The number of amides is 2. The van der Waals surface area contributed by atoms with Gasteiger partial charge in [0.05, 0.1) is 25.3 Å². The second-order valence-corrected chi connectivity index (χ2v) is 5.42. The van der Waals surface area contributed by atoms with E-state index in [4.69, 9.17) is 4.74 Å². The minimum absolute atomic E-state index is 0.0782. The van der Waals surface area contributed by atoms with Gasteiger partial charge in [0.25, 0.3) is 0 Å². The van der Waals surface area contributed by atoms with Crippen molar-refractivity contribution in [2.75, 3.05) is 18.5 Å². The lowest BCUT2D eigenvalue weighted by Crippen LogP contribution is -2.33. The van der Waals surface area contributed by atoms with E-state index in [1.165, 1.54) is 0 Å². The van der Waals surface area contributed by atoms with Crippen LogP contribution in [-0.2, 0) is 16.0 Å². The highest BCUT2D eigenvalue weighted by molar-refractivity contribution is 5.95. The Morgan fingerprint density at radius 3 is 2.42 bits per heavy atom. The van der Waals surface area contributed by atoms with Crippen LogP contribution >= 0.6 is 0 Å². The van der Waals surface area contributed by atoms with Crippen molar-refractivity contribution in [3.63, 3.8) is 0 Å². The first-order chi connectivity index (χ1) is 11.6. The van der Waals surface area contributed by atoms with E-state index in [1.807, 2.05) is 50.2 Å². The Labute approximate surface area is 142 Å². The molecule has 0 aromatic heterocycles. The normalized spacial score (nSPS) is 10.1. The predicted molar refractivity (Wildman–Crippen MR) is 94.1 cm³/mol. The van der Waals surface area contributed by atoms with Crippen LogP contribution in [0.5, 0.6) is 5.75 Å². The number of hydrogen-bond donors (Lipinski definition) is 2. The molecule has 0 bridgehead atoms. The summed E-state index contributed by atoms with van der Waals surface area (Å²) in [5, 5.41) is 5.37. The van der Waals surface area contributed by atoms with Gasteiger partial charge in [0.15, 0.2) is 0 Å². The van der Waals surface area contributed by atoms with Gasteiger partial charge in [-0.15, -0.1) is 0 Å². The van der Waals surface area contributed by atoms with Gasteiger partial charge >= 0.3 is 0 Å². The van der Waals surface area contributed by atoms with E-state index in [0.29, 0.717) is 18.0 Å². The summed E-state index contributed by atoms with van der Waals surface area (Å²) in [6.45, 7) is 4.31. The maximum absolute atomic E-state index is 12.0. The van der Waals surface area contributed by atoms with E-state index >= 15 is 0 Å². The Balaban J connectivity index is 1.82. The number of carbonyl (C=O) groups excluding carboxylic acids is 2. The average Bonchev–Trinajstić information content (AvgIpc) is 2.57. The van der Waals surface area contributed by atoms with E-state index in [2.05, 4.69) is 10.6 Å². The zero-order chi connectivity index (χ0) is 17.4. The van der Waals surface area contributed by atoms with Gasteiger partial charge < -0.3 is 15.4 Å². The molecule has 5 nitrogen and oxygen atoms in total. The molecule has 2 aromatic carbocycles. The van der Waals surface area contributed by atoms with Crippen LogP contribution in [-0.4, -0.2) is 25.0 Å². The maximum atomic E-state index is 12.0. The molecule has 0 aliphatic carbocycles. The van der Waals surface area contributed by atoms with Crippen molar-refractivity contribution >= 4 is 17.5 Å². The van der Waals surface area contributed by atoms with Crippen molar-refractivity contribution in [2.24, 2.45) is 0 Å². The average molecular weight is 326 g/mol. The van der Waals surface area contributed by atoms with Gasteiger partial charge in [-0.1, -0.05) is 42.0 Å². The molecule has 0 unspecified atom stereocenters. The van der Waals surface area contributed by atoms with Crippen LogP contribution in [0.3, 0.4) is 0 Å². The van der Waals surface area contributed by atoms with Crippen LogP contribution in [0.15, 0.2) is 48.5 Å². The fourth-order valence-corrected chi connectivity index (χ4v) is 2.18. The summed E-state index contributed by atoms with van der Waals surface area (Å²) >= 11 is 0. The molecule has 0 aliphatic heterocycles. The standard InChI is InChI=1S/C19H22N2O3/c1-3-24-17-7-5-4-6-16(17)21-19(23)13-20-18(22)12-15-10-8-14(2)9-11-15/h4-11H,3,12-13H2,1-2H3,(H,20,22)(H,21,23). The quantitative estimate of drug-likeness (QED) is 0.822. The highest BCUT2D eigenvalue weighted by Gasteiger charge is 2.09. The van der Waals surface area contributed by atoms with Crippen LogP contribution in [0.1, 0.15) is 18.1 Å².